The maximum Gasteiger partial charge on any atom is 0.0702 e. The van der Waals surface area contributed by atoms with Gasteiger partial charge in [-0.05, 0) is 210 Å². The first kappa shape index (κ1) is 90.3. The summed E-state index contributed by atoms with van der Waals surface area (Å²) in [7, 11) is 0. The lowest BCUT2D eigenvalue weighted by atomic mass is 9.99. The zero-order valence-corrected chi connectivity index (χ0v) is 72.6. The summed E-state index contributed by atoms with van der Waals surface area (Å²) in [6.07, 6.45) is 54.0. The second kappa shape index (κ2) is 53.6. The predicted octanol–water partition coefficient (Wildman–Crippen LogP) is 33.1. The van der Waals surface area contributed by atoms with Crippen molar-refractivity contribution in [3.63, 3.8) is 0 Å². The molecule has 116 heavy (non-hydrogen) atoms. The molecule has 0 saturated carbocycles. The van der Waals surface area contributed by atoms with E-state index in [1.54, 1.807) is 0 Å². The fourth-order valence-electron chi connectivity index (χ4n) is 15.1. The highest BCUT2D eigenvalue weighted by molar-refractivity contribution is 5.73. The third-order valence-electron chi connectivity index (χ3n) is 22.7. The fraction of sp³-hybridized carbons (Fsp3) is 0.393. The molecular weight excluding hydrogens is 1400 g/mol. The Morgan fingerprint density at radius 3 is 0.474 bits per heavy atom. The Bertz CT molecular complexity index is 4430. The van der Waals surface area contributed by atoms with Crippen molar-refractivity contribution in [3.05, 3.63) is 312 Å². The topological polar surface area (TPSA) is 51.6 Å². The summed E-state index contributed by atoms with van der Waals surface area (Å²) in [6.45, 7) is 18.0. The number of pyridine rings is 4. The minimum atomic E-state index is 1.05. The molecule has 8 aromatic carbocycles. The van der Waals surface area contributed by atoms with Crippen molar-refractivity contribution < 1.29 is 0 Å². The molecule has 0 N–H and O–H groups in total. The second-order valence-corrected chi connectivity index (χ2v) is 32.4. The summed E-state index contributed by atoms with van der Waals surface area (Å²) in [4.78, 5) is 18.8. The van der Waals surface area contributed by atoms with E-state index in [1.165, 1.54) is 310 Å². The highest BCUT2D eigenvalue weighted by atomic mass is 14.7. The average molecular weight is 1540 g/mol. The van der Waals surface area contributed by atoms with Crippen LogP contribution < -0.4 is 0 Å². The molecule has 4 aromatic heterocycles. The summed E-state index contributed by atoms with van der Waals surface area (Å²) in [6, 6.07) is 88.9. The molecule has 0 radical (unpaired) electrons. The molecule has 608 valence electrons. The van der Waals surface area contributed by atoms with Crippen LogP contribution in [0, 0.1) is 0 Å². The lowest BCUT2D eigenvalue weighted by molar-refractivity contribution is 0.632. The minimum absolute atomic E-state index is 1.05. The molecule has 0 unspecified atom stereocenters. The SMILES string of the molecule is CCCCCCCc1ccc(-c2ccc(-c3ccc(CCCCCC)cn3)cc2)cc1.CCCCCCc1ccc(-c2ccc(-c3ccc(CCC)cc3)cc2)nc1.CCCCCCc1ccc(-c2ccc(-c3ccc(CCCC)cc3)cc2)nc1.CCCCCCc1ccc(-c2ccc(-c3ccc(CCCCCC)cn3)cc2)cc1. The van der Waals surface area contributed by atoms with Gasteiger partial charge in [0.05, 0.1) is 22.8 Å². The van der Waals surface area contributed by atoms with Gasteiger partial charge in [0, 0.05) is 47.0 Å². The van der Waals surface area contributed by atoms with Crippen molar-refractivity contribution in [3.8, 4) is 89.5 Å². The van der Waals surface area contributed by atoms with Crippen LogP contribution in [-0.4, -0.2) is 19.9 Å². The minimum Gasteiger partial charge on any atom is -0.256 e. The molecule has 0 aliphatic heterocycles. The summed E-state index contributed by atoms with van der Waals surface area (Å²) in [5.74, 6) is 0. The Balaban J connectivity index is 0.000000177. The molecule has 12 rings (SSSR count). The molecule has 0 spiro atoms. The van der Waals surface area contributed by atoms with Crippen LogP contribution in [0.5, 0.6) is 0 Å². The Hall–Kier alpha value is -9.64. The largest absolute Gasteiger partial charge is 0.256 e. The van der Waals surface area contributed by atoms with Crippen LogP contribution in [0.1, 0.15) is 280 Å². The molecule has 4 nitrogen and oxygen atoms in total. The zero-order valence-electron chi connectivity index (χ0n) is 72.6. The number of aryl methyl sites for hydroxylation is 8. The molecular formula is C112H140N4. The van der Waals surface area contributed by atoms with Gasteiger partial charge < -0.3 is 0 Å². The highest BCUT2D eigenvalue weighted by Crippen LogP contribution is 2.31. The maximum absolute atomic E-state index is 4.71. The van der Waals surface area contributed by atoms with Crippen molar-refractivity contribution >= 4 is 0 Å². The van der Waals surface area contributed by atoms with Crippen LogP contribution in [0.4, 0.5) is 0 Å². The first-order valence-corrected chi connectivity index (χ1v) is 45.8. The van der Waals surface area contributed by atoms with Gasteiger partial charge in [-0.1, -0.05) is 409 Å². The van der Waals surface area contributed by atoms with Gasteiger partial charge in [0.15, 0.2) is 0 Å². The molecule has 0 aliphatic carbocycles. The Kier molecular flexibility index (Phi) is 41.7. The highest BCUT2D eigenvalue weighted by Gasteiger charge is 2.10. The van der Waals surface area contributed by atoms with Gasteiger partial charge in [-0.25, -0.2) is 0 Å². The third-order valence-corrected chi connectivity index (χ3v) is 22.7. The van der Waals surface area contributed by atoms with E-state index in [2.05, 4.69) is 315 Å². The quantitative estimate of drug-likeness (QED) is 0.0357. The van der Waals surface area contributed by atoms with E-state index in [0.29, 0.717) is 0 Å². The summed E-state index contributed by atoms with van der Waals surface area (Å²) in [5.41, 5.74) is 30.3. The normalized spacial score (nSPS) is 11.0. The molecule has 0 bridgehead atoms. The number of hydrogen-bond donors (Lipinski definition) is 0. The zero-order chi connectivity index (χ0) is 81.3. The van der Waals surface area contributed by atoms with E-state index in [-0.39, 0.29) is 0 Å². The number of benzene rings is 8. The predicted molar refractivity (Wildman–Crippen MR) is 505 cm³/mol. The number of nitrogens with zero attached hydrogens (tertiary/aromatic N) is 4. The number of unbranched alkanes of at least 4 members (excludes halogenated alkanes) is 20. The van der Waals surface area contributed by atoms with Crippen LogP contribution in [0.15, 0.2) is 267 Å². The molecule has 12 aromatic rings. The number of aromatic nitrogens is 4. The van der Waals surface area contributed by atoms with Crippen molar-refractivity contribution in [2.45, 2.75) is 287 Å². The smallest absolute Gasteiger partial charge is 0.0702 e. The van der Waals surface area contributed by atoms with Crippen molar-refractivity contribution in [1.29, 1.82) is 0 Å². The van der Waals surface area contributed by atoms with Crippen LogP contribution in [0.25, 0.3) is 89.5 Å². The lowest BCUT2D eigenvalue weighted by Crippen LogP contribution is -1.90. The first-order chi connectivity index (χ1) is 57.2. The molecule has 0 saturated heterocycles. The molecule has 0 amide bonds. The van der Waals surface area contributed by atoms with Gasteiger partial charge >= 0.3 is 0 Å². The van der Waals surface area contributed by atoms with E-state index >= 15 is 0 Å². The van der Waals surface area contributed by atoms with Crippen molar-refractivity contribution in [2.24, 2.45) is 0 Å². The Morgan fingerprint density at radius 1 is 0.129 bits per heavy atom. The van der Waals surface area contributed by atoms with Gasteiger partial charge in [-0.15, -0.1) is 0 Å². The first-order valence-electron chi connectivity index (χ1n) is 45.8. The van der Waals surface area contributed by atoms with Crippen LogP contribution in [-0.2, 0) is 51.4 Å². The van der Waals surface area contributed by atoms with Gasteiger partial charge in [-0.3, -0.25) is 19.9 Å². The molecule has 4 heteroatoms. The van der Waals surface area contributed by atoms with Gasteiger partial charge in [-0.2, -0.15) is 0 Å². The third kappa shape index (κ3) is 32.1. The van der Waals surface area contributed by atoms with Crippen LogP contribution in [0.2, 0.25) is 0 Å². The van der Waals surface area contributed by atoms with Crippen LogP contribution in [0.3, 0.4) is 0 Å². The second-order valence-electron chi connectivity index (χ2n) is 32.4. The van der Waals surface area contributed by atoms with Crippen molar-refractivity contribution in [1.82, 2.24) is 19.9 Å². The van der Waals surface area contributed by atoms with Gasteiger partial charge in [0.1, 0.15) is 0 Å². The number of hydrogen-bond acceptors (Lipinski definition) is 4. The Morgan fingerprint density at radius 2 is 0.284 bits per heavy atom. The fourth-order valence-corrected chi connectivity index (χ4v) is 15.1. The molecule has 0 aliphatic rings. The summed E-state index contributed by atoms with van der Waals surface area (Å²) < 4.78 is 0. The molecule has 4 heterocycles. The monoisotopic (exact) mass is 1540 g/mol. The average Bonchev–Trinajstić information content (AvgIpc) is 0.791. The Labute approximate surface area is 703 Å². The van der Waals surface area contributed by atoms with E-state index in [1.807, 2.05) is 12.4 Å². The molecule has 0 atom stereocenters. The summed E-state index contributed by atoms with van der Waals surface area (Å²) in [5, 5.41) is 0. The lowest BCUT2D eigenvalue weighted by Gasteiger charge is -2.07. The van der Waals surface area contributed by atoms with Gasteiger partial charge in [0.2, 0.25) is 0 Å². The van der Waals surface area contributed by atoms with Gasteiger partial charge in [0.25, 0.3) is 0 Å². The van der Waals surface area contributed by atoms with E-state index in [9.17, 15) is 0 Å². The van der Waals surface area contributed by atoms with E-state index < -0.39 is 0 Å². The van der Waals surface area contributed by atoms with Crippen LogP contribution >= 0.6 is 0 Å². The maximum atomic E-state index is 4.71. The standard InChI is InChI=1S/C30H39N.C29H37N.C27H33N.C26H31N/c1-3-5-7-9-11-12-25-14-17-27(18-15-25)28-19-21-29(22-20-28)30-23-16-26(24-31-30)13-10-8-6-4-2;1-3-5-7-9-11-24-13-16-26(17-14-24)27-18-20-28(21-19-27)29-22-15-25(23-30-29)12-10-8-6-4-2;1-3-5-7-8-10-23-13-20-27(28-21-23)26-18-16-25(17-19-26)24-14-11-22(12-15-24)9-6-4-2;1-3-5-6-7-9-22-12-19-26(27-20-22)25-17-15-24(16-18-25)23-13-10-21(8-4-2)11-14-23/h14-24H,3-13H2,1-2H3;13-23H,3-12H2,1-2H3;11-21H,3-10H2,1-2H3;10-20H,3-9H2,1-2H3. The summed E-state index contributed by atoms with van der Waals surface area (Å²) >= 11 is 0. The molecule has 0 fully saturated rings. The van der Waals surface area contributed by atoms with Crippen molar-refractivity contribution in [2.75, 3.05) is 0 Å². The van der Waals surface area contributed by atoms with E-state index in [4.69, 9.17) is 15.0 Å². The van der Waals surface area contributed by atoms with E-state index in [0.717, 1.165) is 54.9 Å². The number of rotatable bonds is 44.